The van der Waals surface area contributed by atoms with Crippen molar-refractivity contribution in [3.63, 3.8) is 0 Å². The van der Waals surface area contributed by atoms with Gasteiger partial charge in [0, 0.05) is 18.6 Å². The fraction of sp³-hybridized carbons (Fsp3) is 0.667. The largest absolute Gasteiger partial charge is 0.459 e. The number of rotatable bonds is 1. The van der Waals surface area contributed by atoms with Crippen molar-refractivity contribution in [3.05, 3.63) is 23.7 Å². The van der Waals surface area contributed by atoms with Gasteiger partial charge in [-0.25, -0.2) is 0 Å². The summed E-state index contributed by atoms with van der Waals surface area (Å²) in [5, 5.41) is 0. The van der Waals surface area contributed by atoms with E-state index in [4.69, 9.17) is 0 Å². The van der Waals surface area contributed by atoms with Crippen LogP contribution >= 0.6 is 0 Å². The molecule has 4 nitrogen and oxygen atoms in total. The zero-order chi connectivity index (χ0) is 16.0. The Morgan fingerprint density at radius 2 is 1.91 bits per heavy atom. The van der Waals surface area contributed by atoms with Crippen molar-refractivity contribution in [1.82, 2.24) is 9.80 Å². The molecule has 0 saturated carbocycles. The molecule has 0 radical (unpaired) electrons. The highest BCUT2D eigenvalue weighted by Crippen LogP contribution is 2.38. The minimum Gasteiger partial charge on any atom is -0.459 e. The van der Waals surface area contributed by atoms with Gasteiger partial charge in [0.1, 0.15) is 0 Å². The summed E-state index contributed by atoms with van der Waals surface area (Å²) in [7, 11) is 2.09. The Balaban J connectivity index is 1.72. The van der Waals surface area contributed by atoms with E-state index in [1.807, 2.05) is 0 Å². The zero-order valence-corrected chi connectivity index (χ0v) is 12.4. The van der Waals surface area contributed by atoms with Gasteiger partial charge in [0.05, 0.1) is 11.8 Å². The molecule has 122 valence electrons. The summed E-state index contributed by atoms with van der Waals surface area (Å²) >= 11 is 0. The minimum atomic E-state index is -4.64. The third kappa shape index (κ3) is 2.51. The first-order chi connectivity index (χ1) is 10.3. The van der Waals surface area contributed by atoms with E-state index in [0.717, 1.165) is 44.6 Å². The minimum absolute atomic E-state index is 0.125. The molecule has 1 spiro atoms. The molecule has 2 aliphatic heterocycles. The van der Waals surface area contributed by atoms with Crippen molar-refractivity contribution in [2.24, 2.45) is 0 Å². The zero-order valence-electron chi connectivity index (χ0n) is 12.4. The van der Waals surface area contributed by atoms with Crippen LogP contribution in [-0.4, -0.2) is 47.9 Å². The third-order valence-electron chi connectivity index (χ3n) is 5.08. The lowest BCUT2D eigenvalue weighted by atomic mass is 9.85. The first-order valence-corrected chi connectivity index (χ1v) is 7.49. The lowest BCUT2D eigenvalue weighted by Gasteiger charge is -2.43. The smallest absolute Gasteiger partial charge is 0.450 e. The van der Waals surface area contributed by atoms with Crippen LogP contribution in [0.2, 0.25) is 0 Å². The van der Waals surface area contributed by atoms with Gasteiger partial charge in [0.25, 0.3) is 5.91 Å². The highest BCUT2D eigenvalue weighted by Gasteiger charge is 2.44. The van der Waals surface area contributed by atoms with Crippen molar-refractivity contribution in [2.75, 3.05) is 26.7 Å². The second-order valence-corrected chi connectivity index (χ2v) is 6.20. The summed E-state index contributed by atoms with van der Waals surface area (Å²) in [6, 6.07) is 1.11. The standard InChI is InChI=1S/C15H19F3N2O2/c1-19-7-2-4-14(19)5-8-20(9-6-14)13(21)11-3-10-22-12(11)15(16,17)18/h3,10H,2,4-9H2,1H3. The van der Waals surface area contributed by atoms with Gasteiger partial charge in [-0.05, 0) is 45.3 Å². The van der Waals surface area contributed by atoms with Gasteiger partial charge in [-0.3, -0.25) is 4.79 Å². The summed E-state index contributed by atoms with van der Waals surface area (Å²) in [6.45, 7) is 2.03. The molecule has 2 saturated heterocycles. The molecule has 1 aromatic rings. The van der Waals surface area contributed by atoms with Gasteiger partial charge in [0.2, 0.25) is 5.76 Å². The van der Waals surface area contributed by atoms with E-state index >= 15 is 0 Å². The number of likely N-dealkylation sites (tertiary alicyclic amines) is 2. The SMILES string of the molecule is CN1CCCC12CCN(C(=O)c1ccoc1C(F)(F)F)CC2. The monoisotopic (exact) mass is 316 g/mol. The Labute approximate surface area is 126 Å². The summed E-state index contributed by atoms with van der Waals surface area (Å²) in [4.78, 5) is 16.2. The van der Waals surface area contributed by atoms with Crippen LogP contribution in [0.3, 0.4) is 0 Å². The lowest BCUT2D eigenvalue weighted by molar-refractivity contribution is -0.153. The summed E-state index contributed by atoms with van der Waals surface area (Å²) in [5.41, 5.74) is -0.261. The second-order valence-electron chi connectivity index (χ2n) is 6.20. The van der Waals surface area contributed by atoms with Gasteiger partial charge < -0.3 is 14.2 Å². The van der Waals surface area contributed by atoms with E-state index in [-0.39, 0.29) is 11.1 Å². The Kier molecular flexibility index (Phi) is 3.71. The first-order valence-electron chi connectivity index (χ1n) is 7.49. The highest BCUT2D eigenvalue weighted by atomic mass is 19.4. The predicted molar refractivity (Wildman–Crippen MR) is 73.4 cm³/mol. The molecule has 0 aromatic carbocycles. The second kappa shape index (κ2) is 5.30. The number of hydrogen-bond acceptors (Lipinski definition) is 3. The van der Waals surface area contributed by atoms with E-state index in [0.29, 0.717) is 13.1 Å². The van der Waals surface area contributed by atoms with E-state index in [9.17, 15) is 18.0 Å². The molecule has 3 rings (SSSR count). The maximum atomic E-state index is 12.8. The molecule has 1 aromatic heterocycles. The van der Waals surface area contributed by atoms with Crippen molar-refractivity contribution >= 4 is 5.91 Å². The van der Waals surface area contributed by atoms with Crippen molar-refractivity contribution in [2.45, 2.75) is 37.4 Å². The number of piperidine rings is 1. The van der Waals surface area contributed by atoms with Crippen LogP contribution in [0, 0.1) is 0 Å². The molecule has 3 heterocycles. The van der Waals surface area contributed by atoms with Crippen LogP contribution in [0.4, 0.5) is 13.2 Å². The number of alkyl halides is 3. The number of hydrogen-bond donors (Lipinski definition) is 0. The topological polar surface area (TPSA) is 36.7 Å². The number of halogens is 3. The van der Waals surface area contributed by atoms with Gasteiger partial charge in [-0.15, -0.1) is 0 Å². The average Bonchev–Trinajstić information content (AvgIpc) is 3.07. The number of amides is 1. The number of nitrogens with zero attached hydrogens (tertiary/aromatic N) is 2. The molecular formula is C15H19F3N2O2. The summed E-state index contributed by atoms with van der Waals surface area (Å²) in [6.07, 6.45) is 0.155. The molecule has 1 amide bonds. The normalized spacial score (nSPS) is 22.5. The number of furan rings is 1. The van der Waals surface area contributed by atoms with Crippen LogP contribution < -0.4 is 0 Å². The Hall–Kier alpha value is -1.50. The quantitative estimate of drug-likeness (QED) is 0.799. The number of carbonyl (C=O) groups is 1. The van der Waals surface area contributed by atoms with E-state index in [1.165, 1.54) is 4.90 Å². The third-order valence-corrected chi connectivity index (χ3v) is 5.08. The molecule has 0 unspecified atom stereocenters. The van der Waals surface area contributed by atoms with Gasteiger partial charge in [-0.2, -0.15) is 13.2 Å². The number of carbonyl (C=O) groups excluding carboxylic acids is 1. The van der Waals surface area contributed by atoms with Crippen LogP contribution in [0.15, 0.2) is 16.7 Å². The van der Waals surface area contributed by atoms with Crippen LogP contribution in [0.25, 0.3) is 0 Å². The molecule has 0 N–H and O–H groups in total. The lowest BCUT2D eigenvalue weighted by Crippen LogP contribution is -2.52. The van der Waals surface area contributed by atoms with Crippen LogP contribution in [-0.2, 0) is 6.18 Å². The molecule has 2 fully saturated rings. The molecule has 22 heavy (non-hydrogen) atoms. The van der Waals surface area contributed by atoms with E-state index in [1.54, 1.807) is 0 Å². The maximum absolute atomic E-state index is 12.8. The first kappa shape index (κ1) is 15.4. The van der Waals surface area contributed by atoms with E-state index < -0.39 is 17.8 Å². The average molecular weight is 316 g/mol. The van der Waals surface area contributed by atoms with E-state index in [2.05, 4.69) is 16.4 Å². The molecule has 0 atom stereocenters. The summed E-state index contributed by atoms with van der Waals surface area (Å²) in [5.74, 6) is -1.78. The molecule has 0 bridgehead atoms. The molecule has 2 aliphatic rings. The van der Waals surface area contributed by atoms with Crippen molar-refractivity contribution < 1.29 is 22.4 Å². The Morgan fingerprint density at radius 3 is 2.45 bits per heavy atom. The van der Waals surface area contributed by atoms with Gasteiger partial charge in [-0.1, -0.05) is 0 Å². The fourth-order valence-corrected chi connectivity index (χ4v) is 3.70. The predicted octanol–water partition coefficient (Wildman–Crippen LogP) is 3.00. The Morgan fingerprint density at radius 1 is 1.23 bits per heavy atom. The maximum Gasteiger partial charge on any atom is 0.450 e. The van der Waals surface area contributed by atoms with Crippen molar-refractivity contribution in [1.29, 1.82) is 0 Å². The molecular weight excluding hydrogens is 297 g/mol. The highest BCUT2D eigenvalue weighted by molar-refractivity contribution is 5.95. The molecule has 0 aliphatic carbocycles. The van der Waals surface area contributed by atoms with Crippen LogP contribution in [0.5, 0.6) is 0 Å². The van der Waals surface area contributed by atoms with Crippen molar-refractivity contribution in [3.8, 4) is 0 Å². The van der Waals surface area contributed by atoms with Gasteiger partial charge in [0.15, 0.2) is 0 Å². The summed E-state index contributed by atoms with van der Waals surface area (Å²) < 4.78 is 43.0. The fourth-order valence-electron chi connectivity index (χ4n) is 3.70. The van der Waals surface area contributed by atoms with Crippen LogP contribution in [0.1, 0.15) is 41.8 Å². The van der Waals surface area contributed by atoms with Gasteiger partial charge >= 0.3 is 6.18 Å². The Bertz CT molecular complexity index is 559. The molecule has 7 heteroatoms.